The predicted molar refractivity (Wildman–Crippen MR) is 132 cm³/mol. The number of rotatable bonds is 4. The number of ketones is 1. The lowest BCUT2D eigenvalue weighted by atomic mass is 9.75. The number of carbonyl (C=O) groups is 2. The van der Waals surface area contributed by atoms with Crippen LogP contribution in [-0.4, -0.2) is 32.9 Å². The summed E-state index contributed by atoms with van der Waals surface area (Å²) in [6.07, 6.45) is 1.26. The van der Waals surface area contributed by atoms with Gasteiger partial charge in [-0.05, 0) is 66.5 Å². The first-order valence-corrected chi connectivity index (χ1v) is 12.8. The second-order valence-electron chi connectivity index (χ2n) is 10.1. The lowest BCUT2D eigenvalue weighted by molar-refractivity contribution is -0.137. The van der Waals surface area contributed by atoms with Gasteiger partial charge in [-0.3, -0.25) is 9.59 Å². The average Bonchev–Trinajstić information content (AvgIpc) is 3.55. The van der Waals surface area contributed by atoms with Gasteiger partial charge in [0.25, 0.3) is 0 Å². The van der Waals surface area contributed by atoms with Crippen molar-refractivity contribution in [3.05, 3.63) is 75.2 Å². The van der Waals surface area contributed by atoms with Crippen molar-refractivity contribution >= 4 is 29.1 Å². The molecule has 1 fully saturated rings. The van der Waals surface area contributed by atoms with Crippen molar-refractivity contribution in [3.8, 4) is 5.69 Å². The lowest BCUT2D eigenvalue weighted by Gasteiger charge is -2.30. The number of halogens is 3. The van der Waals surface area contributed by atoms with Crippen LogP contribution in [0, 0.1) is 5.41 Å². The summed E-state index contributed by atoms with van der Waals surface area (Å²) in [6, 6.07) is 8.30. The molecule has 5 rings (SSSR count). The molecule has 1 amide bonds. The van der Waals surface area contributed by atoms with Crippen molar-refractivity contribution in [3.63, 3.8) is 0 Å². The molecule has 3 heterocycles. The van der Waals surface area contributed by atoms with Crippen LogP contribution in [0.5, 0.6) is 0 Å². The molecule has 1 saturated heterocycles. The fourth-order valence-corrected chi connectivity index (χ4v) is 5.78. The summed E-state index contributed by atoms with van der Waals surface area (Å²) in [5, 5.41) is 6.73. The highest BCUT2D eigenvalue weighted by Gasteiger charge is 2.41. The van der Waals surface area contributed by atoms with Crippen LogP contribution < -0.4 is 0 Å². The van der Waals surface area contributed by atoms with Gasteiger partial charge in [0.15, 0.2) is 5.78 Å². The van der Waals surface area contributed by atoms with E-state index in [1.165, 1.54) is 23.5 Å². The molecule has 0 spiro atoms. The van der Waals surface area contributed by atoms with Crippen LogP contribution >= 0.6 is 11.3 Å². The Labute approximate surface area is 211 Å². The minimum atomic E-state index is -4.44. The number of Topliss-reactive ketones (excluding diaryl/α,β-unsaturated/α-hetero) is 1. The largest absolute Gasteiger partial charge is 0.416 e. The van der Waals surface area contributed by atoms with Gasteiger partial charge in [-0.15, -0.1) is 11.3 Å². The van der Waals surface area contributed by atoms with Crippen LogP contribution in [-0.2, 0) is 17.4 Å². The van der Waals surface area contributed by atoms with Crippen LogP contribution in [0.2, 0.25) is 0 Å². The first-order valence-electron chi connectivity index (χ1n) is 11.9. The molecule has 5 nitrogen and oxygen atoms in total. The van der Waals surface area contributed by atoms with Crippen LogP contribution in [0.15, 0.2) is 47.9 Å². The number of hydrogen-bond donors (Lipinski definition) is 0. The molecular weight excluding hydrogens is 487 g/mol. The van der Waals surface area contributed by atoms with E-state index in [0.717, 1.165) is 23.4 Å². The number of hydrogen-bond acceptors (Lipinski definition) is 4. The molecule has 9 heteroatoms. The van der Waals surface area contributed by atoms with E-state index < -0.39 is 11.7 Å². The molecule has 1 atom stereocenters. The van der Waals surface area contributed by atoms with Gasteiger partial charge >= 0.3 is 6.18 Å². The Hall–Kier alpha value is -3.20. The molecular formula is C27H26F3N3O2S. The van der Waals surface area contributed by atoms with E-state index >= 15 is 0 Å². The van der Waals surface area contributed by atoms with Gasteiger partial charge in [0.2, 0.25) is 5.91 Å². The van der Waals surface area contributed by atoms with E-state index in [9.17, 15) is 22.8 Å². The summed E-state index contributed by atoms with van der Waals surface area (Å²) in [7, 11) is 0. The third kappa shape index (κ3) is 4.64. The van der Waals surface area contributed by atoms with Gasteiger partial charge in [0.1, 0.15) is 0 Å². The summed E-state index contributed by atoms with van der Waals surface area (Å²) in [4.78, 5) is 29.2. The molecule has 0 saturated carbocycles. The number of likely N-dealkylation sites (tertiary alicyclic amines) is 1. The second-order valence-corrected chi connectivity index (χ2v) is 11.1. The third-order valence-electron chi connectivity index (χ3n) is 6.80. The summed E-state index contributed by atoms with van der Waals surface area (Å²) >= 11 is 1.54. The Morgan fingerprint density at radius 2 is 1.92 bits per heavy atom. The van der Waals surface area contributed by atoms with E-state index in [1.54, 1.807) is 21.7 Å². The second kappa shape index (κ2) is 9.03. The van der Waals surface area contributed by atoms with E-state index in [4.69, 9.17) is 5.10 Å². The zero-order chi connectivity index (χ0) is 25.7. The predicted octanol–water partition coefficient (Wildman–Crippen LogP) is 6.48. The van der Waals surface area contributed by atoms with Crippen molar-refractivity contribution < 1.29 is 22.8 Å². The SMILES string of the molecule is CC1(C)CC(=O)c2c([C@@H]3CCCN3C(=O)/C=C/c3cccs3)nn(-c3ccc(C(F)(F)F)cc3)c2C1. The van der Waals surface area contributed by atoms with Crippen LogP contribution in [0.3, 0.4) is 0 Å². The third-order valence-corrected chi connectivity index (χ3v) is 7.63. The maximum atomic E-state index is 13.3. The Bertz CT molecular complexity index is 1320. The van der Waals surface area contributed by atoms with Gasteiger partial charge in [-0.2, -0.15) is 18.3 Å². The monoisotopic (exact) mass is 513 g/mol. The lowest BCUT2D eigenvalue weighted by Crippen LogP contribution is -2.31. The molecule has 3 aromatic rings. The molecule has 0 unspecified atom stereocenters. The number of fused-ring (bicyclic) bond motifs is 1. The quantitative estimate of drug-likeness (QED) is 0.375. The number of aromatic nitrogens is 2. The standard InChI is InChI=1S/C27H26F3N3O2S/c1-26(2)15-21-24(22(34)16-26)25(31-33(21)18-9-7-17(8-10-18)27(28,29)30)20-6-3-13-32(20)23(35)12-11-19-5-4-14-36-19/h4-5,7-12,14,20H,3,6,13,15-16H2,1-2H3/b12-11+/t20-/m0/s1. The van der Waals surface area contributed by atoms with Gasteiger partial charge < -0.3 is 4.90 Å². The molecule has 0 N–H and O–H groups in total. The minimum Gasteiger partial charge on any atom is -0.330 e. The highest BCUT2D eigenvalue weighted by molar-refractivity contribution is 7.10. The van der Waals surface area contributed by atoms with Gasteiger partial charge in [-0.1, -0.05) is 19.9 Å². The first kappa shape index (κ1) is 24.5. The maximum Gasteiger partial charge on any atom is 0.416 e. The number of amides is 1. The minimum absolute atomic E-state index is 0.0390. The van der Waals surface area contributed by atoms with Gasteiger partial charge in [0, 0.05) is 23.9 Å². The number of nitrogens with zero attached hydrogens (tertiary/aromatic N) is 3. The highest BCUT2D eigenvalue weighted by atomic mass is 32.1. The molecule has 188 valence electrons. The molecule has 2 aliphatic rings. The van der Waals surface area contributed by atoms with E-state index in [1.807, 2.05) is 31.4 Å². The van der Waals surface area contributed by atoms with Crippen molar-refractivity contribution in [2.24, 2.45) is 5.41 Å². The summed E-state index contributed by atoms with van der Waals surface area (Å²) in [6.45, 7) is 4.55. The molecule has 1 aliphatic carbocycles. The number of alkyl halides is 3. The van der Waals surface area contributed by atoms with Crippen molar-refractivity contribution in [1.82, 2.24) is 14.7 Å². The molecule has 2 aromatic heterocycles. The molecule has 36 heavy (non-hydrogen) atoms. The van der Waals surface area contributed by atoms with Crippen LogP contribution in [0.25, 0.3) is 11.8 Å². The number of benzene rings is 1. The Kier molecular flexibility index (Phi) is 6.14. The Morgan fingerprint density at radius 3 is 2.58 bits per heavy atom. The zero-order valence-corrected chi connectivity index (χ0v) is 20.8. The van der Waals surface area contributed by atoms with Crippen molar-refractivity contribution in [1.29, 1.82) is 0 Å². The van der Waals surface area contributed by atoms with Crippen LogP contribution in [0.4, 0.5) is 13.2 Å². The van der Waals surface area contributed by atoms with Crippen molar-refractivity contribution in [2.75, 3.05) is 6.54 Å². The summed E-state index contributed by atoms with van der Waals surface area (Å²) < 4.78 is 41.0. The Balaban J connectivity index is 1.55. The number of thiophene rings is 1. The fourth-order valence-electron chi connectivity index (χ4n) is 5.17. The fraction of sp³-hybridized carbons (Fsp3) is 0.370. The topological polar surface area (TPSA) is 55.2 Å². The molecule has 0 radical (unpaired) electrons. The summed E-state index contributed by atoms with van der Waals surface area (Å²) in [5.74, 6) is -0.185. The summed E-state index contributed by atoms with van der Waals surface area (Å²) in [5.41, 5.74) is 1.17. The molecule has 1 aromatic carbocycles. The van der Waals surface area contributed by atoms with E-state index in [-0.39, 0.29) is 23.1 Å². The van der Waals surface area contributed by atoms with Gasteiger partial charge in [-0.25, -0.2) is 4.68 Å². The molecule has 0 bridgehead atoms. The molecule has 1 aliphatic heterocycles. The van der Waals surface area contributed by atoms with Gasteiger partial charge in [0.05, 0.1) is 34.2 Å². The zero-order valence-electron chi connectivity index (χ0n) is 20.0. The Morgan fingerprint density at radius 1 is 1.17 bits per heavy atom. The highest BCUT2D eigenvalue weighted by Crippen LogP contribution is 2.42. The van der Waals surface area contributed by atoms with Crippen LogP contribution in [0.1, 0.15) is 71.3 Å². The maximum absolute atomic E-state index is 13.3. The van der Waals surface area contributed by atoms with Crippen molar-refractivity contribution in [2.45, 2.75) is 51.7 Å². The number of carbonyl (C=O) groups excluding carboxylic acids is 2. The normalized spacial score (nSPS) is 19.8. The first-order chi connectivity index (χ1) is 17.0. The average molecular weight is 514 g/mol. The van der Waals surface area contributed by atoms with E-state index in [2.05, 4.69) is 0 Å². The van der Waals surface area contributed by atoms with E-state index in [0.29, 0.717) is 48.4 Å². The smallest absolute Gasteiger partial charge is 0.330 e.